The molecule has 2 heteroatoms. The summed E-state index contributed by atoms with van der Waals surface area (Å²) >= 11 is 0. The van der Waals surface area contributed by atoms with Gasteiger partial charge in [-0.15, -0.1) is 0 Å². The summed E-state index contributed by atoms with van der Waals surface area (Å²) in [6, 6.07) is 10.4. The maximum atomic E-state index is 10.6. The van der Waals surface area contributed by atoms with E-state index >= 15 is 0 Å². The van der Waals surface area contributed by atoms with Crippen LogP contribution in [0.3, 0.4) is 0 Å². The van der Waals surface area contributed by atoms with E-state index in [4.69, 9.17) is 4.74 Å². The fourth-order valence-corrected chi connectivity index (χ4v) is 1.46. The lowest BCUT2D eigenvalue weighted by Gasteiger charge is -2.02. The molecule has 0 saturated carbocycles. The van der Waals surface area contributed by atoms with E-state index in [-0.39, 0.29) is 5.97 Å². The van der Waals surface area contributed by atoms with Gasteiger partial charge in [0.1, 0.15) is 0 Å². The number of hydrogen-bond acceptors (Lipinski definition) is 2. The Morgan fingerprint density at radius 2 is 1.94 bits per heavy atom. The lowest BCUT2D eigenvalue weighted by atomic mass is 10.1. The van der Waals surface area contributed by atoms with E-state index in [1.807, 2.05) is 13.0 Å². The Balaban J connectivity index is 2.25. The maximum absolute atomic E-state index is 10.6. The van der Waals surface area contributed by atoms with Crippen LogP contribution in [0.15, 0.2) is 42.2 Å². The average molecular weight is 218 g/mol. The van der Waals surface area contributed by atoms with Crippen LogP contribution in [0.5, 0.6) is 0 Å². The topological polar surface area (TPSA) is 26.3 Å². The van der Waals surface area contributed by atoms with Gasteiger partial charge in [0.15, 0.2) is 0 Å². The minimum Gasteiger partial charge on any atom is -0.435 e. The van der Waals surface area contributed by atoms with Gasteiger partial charge in [-0.25, -0.2) is 0 Å². The first-order valence-corrected chi connectivity index (χ1v) is 5.55. The van der Waals surface area contributed by atoms with Crippen LogP contribution in [0.1, 0.15) is 32.3 Å². The average Bonchev–Trinajstić information content (AvgIpc) is 2.28. The van der Waals surface area contributed by atoms with Crippen LogP contribution >= 0.6 is 0 Å². The number of carbonyl (C=O) groups excluding carboxylic acids is 1. The number of rotatable bonds is 5. The first-order valence-electron chi connectivity index (χ1n) is 5.55. The van der Waals surface area contributed by atoms with E-state index in [2.05, 4.69) is 24.3 Å². The van der Waals surface area contributed by atoms with Gasteiger partial charge in [-0.3, -0.25) is 4.79 Å². The number of esters is 1. The third-order valence-corrected chi connectivity index (χ3v) is 2.31. The number of benzene rings is 1. The Kier molecular flexibility index (Phi) is 5.34. The SMILES string of the molecule is CC(=O)O/C=C(/C)CCCc1ccccc1. The second-order valence-corrected chi connectivity index (χ2v) is 3.91. The zero-order valence-corrected chi connectivity index (χ0v) is 9.90. The summed E-state index contributed by atoms with van der Waals surface area (Å²) in [5.41, 5.74) is 2.45. The van der Waals surface area contributed by atoms with Crippen LogP contribution in [0.25, 0.3) is 0 Å². The molecular weight excluding hydrogens is 200 g/mol. The van der Waals surface area contributed by atoms with E-state index in [9.17, 15) is 4.79 Å². The molecule has 0 aliphatic heterocycles. The van der Waals surface area contributed by atoms with Gasteiger partial charge in [0.05, 0.1) is 6.26 Å². The molecule has 0 radical (unpaired) electrons. The van der Waals surface area contributed by atoms with Crippen LogP contribution in [0, 0.1) is 0 Å². The standard InChI is InChI=1S/C14H18O2/c1-12(11-16-13(2)15)7-6-10-14-8-4-3-5-9-14/h3-5,8-9,11H,6-7,10H2,1-2H3/b12-11-. The van der Waals surface area contributed by atoms with Crippen molar-refractivity contribution in [1.29, 1.82) is 0 Å². The van der Waals surface area contributed by atoms with E-state index in [0.717, 1.165) is 24.8 Å². The molecule has 1 rings (SSSR count). The van der Waals surface area contributed by atoms with Crippen molar-refractivity contribution in [1.82, 2.24) is 0 Å². The lowest BCUT2D eigenvalue weighted by Crippen LogP contribution is -1.92. The van der Waals surface area contributed by atoms with Crippen molar-refractivity contribution in [3.8, 4) is 0 Å². The normalized spacial score (nSPS) is 11.2. The second-order valence-electron chi connectivity index (χ2n) is 3.91. The molecule has 86 valence electrons. The van der Waals surface area contributed by atoms with Crippen molar-refractivity contribution in [2.75, 3.05) is 0 Å². The van der Waals surface area contributed by atoms with E-state index in [1.54, 1.807) is 6.26 Å². The molecule has 0 heterocycles. The highest BCUT2D eigenvalue weighted by Crippen LogP contribution is 2.09. The van der Waals surface area contributed by atoms with E-state index in [0.29, 0.717) is 0 Å². The largest absolute Gasteiger partial charge is 0.435 e. The van der Waals surface area contributed by atoms with Crippen LogP contribution in [0.4, 0.5) is 0 Å². The molecular formula is C14H18O2. The fourth-order valence-electron chi connectivity index (χ4n) is 1.46. The third-order valence-electron chi connectivity index (χ3n) is 2.31. The van der Waals surface area contributed by atoms with Crippen LogP contribution in [0.2, 0.25) is 0 Å². The summed E-state index contributed by atoms with van der Waals surface area (Å²) < 4.78 is 4.81. The maximum Gasteiger partial charge on any atom is 0.307 e. The highest BCUT2D eigenvalue weighted by molar-refractivity contribution is 5.66. The molecule has 0 aromatic heterocycles. The van der Waals surface area contributed by atoms with Crippen molar-refractivity contribution in [2.24, 2.45) is 0 Å². The van der Waals surface area contributed by atoms with Gasteiger partial charge in [0.2, 0.25) is 0 Å². The Morgan fingerprint density at radius 3 is 2.56 bits per heavy atom. The van der Waals surface area contributed by atoms with Crippen molar-refractivity contribution >= 4 is 5.97 Å². The number of carbonyl (C=O) groups is 1. The Hall–Kier alpha value is -1.57. The molecule has 1 aromatic carbocycles. The van der Waals surface area contributed by atoms with Gasteiger partial charge >= 0.3 is 5.97 Å². The van der Waals surface area contributed by atoms with Crippen LogP contribution in [-0.2, 0) is 16.0 Å². The predicted octanol–water partition coefficient (Wildman–Crippen LogP) is 3.48. The van der Waals surface area contributed by atoms with Crippen molar-refractivity contribution in [2.45, 2.75) is 33.1 Å². The highest BCUT2D eigenvalue weighted by atomic mass is 16.5. The number of ether oxygens (including phenoxy) is 1. The van der Waals surface area contributed by atoms with Crippen molar-refractivity contribution in [3.05, 3.63) is 47.7 Å². The van der Waals surface area contributed by atoms with E-state index < -0.39 is 0 Å². The van der Waals surface area contributed by atoms with Gasteiger partial charge < -0.3 is 4.74 Å². The van der Waals surface area contributed by atoms with E-state index in [1.165, 1.54) is 12.5 Å². The van der Waals surface area contributed by atoms with Gasteiger partial charge in [0.25, 0.3) is 0 Å². The molecule has 0 spiro atoms. The molecule has 16 heavy (non-hydrogen) atoms. The van der Waals surface area contributed by atoms with Gasteiger partial charge in [0, 0.05) is 6.92 Å². The first kappa shape index (κ1) is 12.5. The smallest absolute Gasteiger partial charge is 0.307 e. The highest BCUT2D eigenvalue weighted by Gasteiger charge is 1.95. The second kappa shape index (κ2) is 6.83. The Bertz CT molecular complexity index is 352. The zero-order valence-electron chi connectivity index (χ0n) is 9.90. The molecule has 0 amide bonds. The lowest BCUT2D eigenvalue weighted by molar-refractivity contribution is -0.135. The van der Waals surface area contributed by atoms with Gasteiger partial charge in [-0.05, 0) is 37.3 Å². The minimum absolute atomic E-state index is 0.262. The summed E-state index contributed by atoms with van der Waals surface area (Å²) in [5, 5.41) is 0. The zero-order chi connectivity index (χ0) is 11.8. The third kappa shape index (κ3) is 5.35. The predicted molar refractivity (Wildman–Crippen MR) is 64.9 cm³/mol. The Morgan fingerprint density at radius 1 is 1.25 bits per heavy atom. The summed E-state index contributed by atoms with van der Waals surface area (Å²) in [6.45, 7) is 3.39. The quantitative estimate of drug-likeness (QED) is 0.558. The summed E-state index contributed by atoms with van der Waals surface area (Å²) in [5.74, 6) is -0.262. The summed E-state index contributed by atoms with van der Waals surface area (Å²) in [7, 11) is 0. The molecule has 2 nitrogen and oxygen atoms in total. The molecule has 0 saturated heterocycles. The Labute approximate surface area is 96.9 Å². The van der Waals surface area contributed by atoms with Crippen LogP contribution in [-0.4, -0.2) is 5.97 Å². The molecule has 0 N–H and O–H groups in total. The van der Waals surface area contributed by atoms with Gasteiger partial charge in [-0.2, -0.15) is 0 Å². The molecule has 0 bridgehead atoms. The molecule has 0 aliphatic rings. The number of hydrogen-bond donors (Lipinski definition) is 0. The molecule has 0 atom stereocenters. The summed E-state index contributed by atoms with van der Waals surface area (Å²) in [6.07, 6.45) is 4.65. The number of aryl methyl sites for hydroxylation is 1. The first-order chi connectivity index (χ1) is 7.68. The summed E-state index contributed by atoms with van der Waals surface area (Å²) in [4.78, 5) is 10.6. The fraction of sp³-hybridized carbons (Fsp3) is 0.357. The monoisotopic (exact) mass is 218 g/mol. The van der Waals surface area contributed by atoms with Crippen molar-refractivity contribution in [3.63, 3.8) is 0 Å². The molecule has 1 aromatic rings. The number of allylic oxidation sites excluding steroid dienone is 1. The molecule has 0 fully saturated rings. The van der Waals surface area contributed by atoms with Crippen molar-refractivity contribution < 1.29 is 9.53 Å². The molecule has 0 unspecified atom stereocenters. The van der Waals surface area contributed by atoms with Crippen LogP contribution < -0.4 is 0 Å². The molecule has 0 aliphatic carbocycles. The van der Waals surface area contributed by atoms with Gasteiger partial charge in [-0.1, -0.05) is 30.3 Å². The minimum atomic E-state index is -0.262.